The molecule has 2 rings (SSSR count). The van der Waals surface area contributed by atoms with E-state index in [2.05, 4.69) is 24.4 Å². The van der Waals surface area contributed by atoms with Gasteiger partial charge in [0.15, 0.2) is 0 Å². The van der Waals surface area contributed by atoms with Crippen LogP contribution in [0, 0.1) is 5.92 Å². The van der Waals surface area contributed by atoms with Gasteiger partial charge in [0, 0.05) is 12.6 Å². The lowest BCUT2D eigenvalue weighted by atomic mass is 10.1. The van der Waals surface area contributed by atoms with E-state index in [4.69, 9.17) is 4.74 Å². The van der Waals surface area contributed by atoms with Gasteiger partial charge in [0.25, 0.3) is 0 Å². The standard InChI is InChI=1S/C18H29NO2/c1-3-17(11-15-9-10-15)19-12-18(20)13-21-14(2)16-7-5-4-6-8-16/h4-8,14-15,17-20H,3,9-13H2,1-2H3. The molecule has 0 radical (unpaired) electrons. The second-order valence-electron chi connectivity index (χ2n) is 6.23. The number of hydrogen-bond donors (Lipinski definition) is 2. The highest BCUT2D eigenvalue weighted by Gasteiger charge is 2.24. The molecule has 118 valence electrons. The molecule has 1 aliphatic rings. The number of benzene rings is 1. The maximum Gasteiger partial charge on any atom is 0.0898 e. The maximum atomic E-state index is 10.1. The Bertz CT molecular complexity index is 391. The summed E-state index contributed by atoms with van der Waals surface area (Å²) in [6.45, 7) is 5.23. The molecular weight excluding hydrogens is 262 g/mol. The Morgan fingerprint density at radius 1 is 1.29 bits per heavy atom. The number of ether oxygens (including phenoxy) is 1. The molecule has 0 aliphatic heterocycles. The fraction of sp³-hybridized carbons (Fsp3) is 0.667. The predicted octanol–water partition coefficient (Wildman–Crippen LogP) is 3.29. The molecule has 1 aliphatic carbocycles. The van der Waals surface area contributed by atoms with Crippen molar-refractivity contribution in [1.82, 2.24) is 5.32 Å². The topological polar surface area (TPSA) is 41.5 Å². The summed E-state index contributed by atoms with van der Waals surface area (Å²) in [6.07, 6.45) is 4.74. The Hall–Kier alpha value is -0.900. The molecule has 0 spiro atoms. The van der Waals surface area contributed by atoms with Crippen LogP contribution in [0.1, 0.15) is 51.2 Å². The van der Waals surface area contributed by atoms with Crippen LogP contribution in [0.2, 0.25) is 0 Å². The van der Waals surface area contributed by atoms with Crippen LogP contribution in [0.25, 0.3) is 0 Å². The van der Waals surface area contributed by atoms with E-state index in [0.29, 0.717) is 19.2 Å². The van der Waals surface area contributed by atoms with Gasteiger partial charge in [0.1, 0.15) is 0 Å². The van der Waals surface area contributed by atoms with Crippen molar-refractivity contribution in [3.05, 3.63) is 35.9 Å². The Balaban J connectivity index is 1.63. The van der Waals surface area contributed by atoms with Gasteiger partial charge in [-0.25, -0.2) is 0 Å². The summed E-state index contributed by atoms with van der Waals surface area (Å²) < 4.78 is 5.76. The lowest BCUT2D eigenvalue weighted by Crippen LogP contribution is -2.37. The van der Waals surface area contributed by atoms with Gasteiger partial charge < -0.3 is 15.2 Å². The van der Waals surface area contributed by atoms with Gasteiger partial charge in [-0.05, 0) is 31.2 Å². The molecular formula is C18H29NO2. The van der Waals surface area contributed by atoms with E-state index in [1.54, 1.807) is 0 Å². The highest BCUT2D eigenvalue weighted by Crippen LogP contribution is 2.33. The van der Waals surface area contributed by atoms with Crippen molar-refractivity contribution >= 4 is 0 Å². The van der Waals surface area contributed by atoms with Gasteiger partial charge in [0.05, 0.1) is 18.8 Å². The van der Waals surface area contributed by atoms with Crippen LogP contribution >= 0.6 is 0 Å². The molecule has 2 N–H and O–H groups in total. The van der Waals surface area contributed by atoms with E-state index < -0.39 is 6.10 Å². The number of rotatable bonds is 10. The van der Waals surface area contributed by atoms with Crippen LogP contribution < -0.4 is 5.32 Å². The monoisotopic (exact) mass is 291 g/mol. The van der Waals surface area contributed by atoms with Gasteiger partial charge in [-0.3, -0.25) is 0 Å². The summed E-state index contributed by atoms with van der Waals surface area (Å²) in [4.78, 5) is 0. The summed E-state index contributed by atoms with van der Waals surface area (Å²) in [5, 5.41) is 13.5. The van der Waals surface area contributed by atoms with Crippen LogP contribution in [-0.4, -0.2) is 30.4 Å². The second kappa shape index (κ2) is 8.52. The van der Waals surface area contributed by atoms with Gasteiger partial charge >= 0.3 is 0 Å². The minimum absolute atomic E-state index is 0.0225. The van der Waals surface area contributed by atoms with Crippen LogP contribution in [0.4, 0.5) is 0 Å². The summed E-state index contributed by atoms with van der Waals surface area (Å²) in [7, 11) is 0. The molecule has 21 heavy (non-hydrogen) atoms. The molecule has 1 aromatic rings. The molecule has 0 aromatic heterocycles. The number of aliphatic hydroxyl groups excluding tert-OH is 1. The Labute approximate surface area is 128 Å². The van der Waals surface area contributed by atoms with Gasteiger partial charge in [0.2, 0.25) is 0 Å². The smallest absolute Gasteiger partial charge is 0.0898 e. The van der Waals surface area contributed by atoms with E-state index in [1.807, 2.05) is 25.1 Å². The van der Waals surface area contributed by atoms with Crippen LogP contribution in [0.3, 0.4) is 0 Å². The lowest BCUT2D eigenvalue weighted by molar-refractivity contribution is -0.00306. The molecule has 1 saturated carbocycles. The molecule has 0 bridgehead atoms. The van der Waals surface area contributed by atoms with Crippen molar-refractivity contribution in [2.24, 2.45) is 5.92 Å². The summed E-state index contributed by atoms with van der Waals surface area (Å²) in [5.41, 5.74) is 1.15. The normalized spacial score (nSPS) is 19.2. The molecule has 0 heterocycles. The Morgan fingerprint density at radius 3 is 2.62 bits per heavy atom. The van der Waals surface area contributed by atoms with E-state index in [9.17, 15) is 5.11 Å². The fourth-order valence-corrected chi connectivity index (χ4v) is 2.59. The SMILES string of the molecule is CCC(CC1CC1)NCC(O)COC(C)c1ccccc1. The second-order valence-corrected chi connectivity index (χ2v) is 6.23. The van der Waals surface area contributed by atoms with Crippen molar-refractivity contribution in [3.63, 3.8) is 0 Å². The van der Waals surface area contributed by atoms with E-state index in [-0.39, 0.29) is 6.10 Å². The van der Waals surface area contributed by atoms with E-state index >= 15 is 0 Å². The van der Waals surface area contributed by atoms with Crippen molar-refractivity contribution in [2.45, 2.75) is 57.8 Å². The maximum absolute atomic E-state index is 10.1. The average molecular weight is 291 g/mol. The molecule has 3 heteroatoms. The van der Waals surface area contributed by atoms with Crippen molar-refractivity contribution in [3.8, 4) is 0 Å². The quantitative estimate of drug-likeness (QED) is 0.695. The summed E-state index contributed by atoms with van der Waals surface area (Å²) in [5.74, 6) is 0.925. The number of aliphatic hydroxyl groups is 1. The predicted molar refractivity (Wildman–Crippen MR) is 86.2 cm³/mol. The minimum Gasteiger partial charge on any atom is -0.389 e. The van der Waals surface area contributed by atoms with Crippen molar-refractivity contribution in [1.29, 1.82) is 0 Å². The van der Waals surface area contributed by atoms with Crippen molar-refractivity contribution < 1.29 is 9.84 Å². The third-order valence-electron chi connectivity index (χ3n) is 4.26. The molecule has 3 unspecified atom stereocenters. The fourth-order valence-electron chi connectivity index (χ4n) is 2.59. The van der Waals surface area contributed by atoms with E-state index in [0.717, 1.165) is 17.9 Å². The van der Waals surface area contributed by atoms with Gasteiger partial charge in [-0.15, -0.1) is 0 Å². The number of nitrogens with one attached hydrogen (secondary N) is 1. The van der Waals surface area contributed by atoms with Gasteiger partial charge in [-0.1, -0.05) is 50.1 Å². The zero-order valence-corrected chi connectivity index (χ0v) is 13.3. The van der Waals surface area contributed by atoms with Crippen LogP contribution in [0.5, 0.6) is 0 Å². The first-order chi connectivity index (χ1) is 10.2. The first-order valence-corrected chi connectivity index (χ1v) is 8.27. The largest absolute Gasteiger partial charge is 0.389 e. The van der Waals surface area contributed by atoms with E-state index in [1.165, 1.54) is 19.3 Å². The third kappa shape index (κ3) is 6.16. The summed E-state index contributed by atoms with van der Waals surface area (Å²) >= 11 is 0. The van der Waals surface area contributed by atoms with Gasteiger partial charge in [-0.2, -0.15) is 0 Å². The zero-order chi connectivity index (χ0) is 15.1. The minimum atomic E-state index is -0.440. The first kappa shape index (κ1) is 16.5. The van der Waals surface area contributed by atoms with Crippen molar-refractivity contribution in [2.75, 3.05) is 13.2 Å². The third-order valence-corrected chi connectivity index (χ3v) is 4.26. The molecule has 0 saturated heterocycles. The Morgan fingerprint density at radius 2 is 2.00 bits per heavy atom. The summed E-state index contributed by atoms with van der Waals surface area (Å²) in [6, 6.07) is 10.7. The van der Waals surface area contributed by atoms with Crippen LogP contribution in [-0.2, 0) is 4.74 Å². The molecule has 1 aromatic carbocycles. The average Bonchev–Trinajstić information content (AvgIpc) is 3.33. The highest BCUT2D eigenvalue weighted by molar-refractivity contribution is 5.16. The molecule has 0 amide bonds. The first-order valence-electron chi connectivity index (χ1n) is 8.27. The Kier molecular flexibility index (Phi) is 6.68. The molecule has 1 fully saturated rings. The number of hydrogen-bond acceptors (Lipinski definition) is 3. The lowest BCUT2D eigenvalue weighted by Gasteiger charge is -2.21. The molecule has 3 nitrogen and oxygen atoms in total. The molecule has 3 atom stereocenters. The highest BCUT2D eigenvalue weighted by atomic mass is 16.5. The van der Waals surface area contributed by atoms with Crippen LogP contribution in [0.15, 0.2) is 30.3 Å². The zero-order valence-electron chi connectivity index (χ0n) is 13.3.